The molecule has 25 heavy (non-hydrogen) atoms. The summed E-state index contributed by atoms with van der Waals surface area (Å²) in [5.74, 6) is 0.702. The van der Waals surface area contributed by atoms with E-state index in [0.717, 1.165) is 22.7 Å². The van der Waals surface area contributed by atoms with Crippen LogP contribution in [0.5, 0.6) is 5.75 Å². The number of benzene rings is 2. The van der Waals surface area contributed by atoms with Gasteiger partial charge in [-0.3, -0.25) is 14.7 Å². The molecule has 4 rings (SSSR count). The smallest absolute Gasteiger partial charge is 0.262 e. The number of hydrogen-bond donors (Lipinski definition) is 1. The number of para-hydroxylation sites is 1. The van der Waals surface area contributed by atoms with Crippen molar-refractivity contribution in [1.82, 2.24) is 4.98 Å². The largest absolute Gasteiger partial charge is 0.497 e. The minimum absolute atomic E-state index is 0.0478. The second kappa shape index (κ2) is 6.28. The number of amides is 1. The highest BCUT2D eigenvalue weighted by atomic mass is 16.5. The van der Waals surface area contributed by atoms with Gasteiger partial charge in [0, 0.05) is 29.3 Å². The third-order valence-electron chi connectivity index (χ3n) is 4.28. The summed E-state index contributed by atoms with van der Waals surface area (Å²) < 4.78 is 5.22. The quantitative estimate of drug-likeness (QED) is 0.792. The Morgan fingerprint density at radius 1 is 1.04 bits per heavy atom. The molecule has 1 aromatic heterocycles. The molecule has 1 amide bonds. The van der Waals surface area contributed by atoms with Crippen LogP contribution in [0.1, 0.15) is 22.1 Å². The standard InChI is InChI=1S/C20H17N3O2/c1-25-16-10-8-15(9-11-16)23-19(14-5-4-12-21-13-14)22-18-7-3-2-6-17(18)20(23)24/h2-13,19,22H,1H3/t19-/m0/s1. The normalized spacial score (nSPS) is 16.1. The average molecular weight is 331 g/mol. The van der Waals surface area contributed by atoms with E-state index in [-0.39, 0.29) is 12.1 Å². The molecule has 124 valence electrons. The first-order valence-corrected chi connectivity index (χ1v) is 8.01. The molecular formula is C20H17N3O2. The minimum Gasteiger partial charge on any atom is -0.497 e. The van der Waals surface area contributed by atoms with E-state index in [1.807, 2.05) is 60.7 Å². The molecule has 0 fully saturated rings. The van der Waals surface area contributed by atoms with Gasteiger partial charge in [-0.25, -0.2) is 0 Å². The average Bonchev–Trinajstić information content (AvgIpc) is 2.69. The Kier molecular flexibility index (Phi) is 3.82. The molecule has 5 heteroatoms. The monoisotopic (exact) mass is 331 g/mol. The molecule has 2 aromatic carbocycles. The van der Waals surface area contributed by atoms with E-state index >= 15 is 0 Å². The van der Waals surface area contributed by atoms with Crippen LogP contribution in [-0.4, -0.2) is 18.0 Å². The number of anilines is 2. The highest BCUT2D eigenvalue weighted by Gasteiger charge is 2.34. The summed E-state index contributed by atoms with van der Waals surface area (Å²) in [6.45, 7) is 0. The number of pyridine rings is 1. The van der Waals surface area contributed by atoms with Crippen molar-refractivity contribution < 1.29 is 9.53 Å². The van der Waals surface area contributed by atoms with E-state index in [9.17, 15) is 4.79 Å². The van der Waals surface area contributed by atoms with Crippen LogP contribution in [0.2, 0.25) is 0 Å². The number of aromatic nitrogens is 1. The molecule has 1 N–H and O–H groups in total. The minimum atomic E-state index is -0.329. The molecular weight excluding hydrogens is 314 g/mol. The fraction of sp³-hybridized carbons (Fsp3) is 0.100. The summed E-state index contributed by atoms with van der Waals surface area (Å²) in [4.78, 5) is 19.1. The van der Waals surface area contributed by atoms with Crippen molar-refractivity contribution in [3.05, 3.63) is 84.2 Å². The summed E-state index contributed by atoms with van der Waals surface area (Å²) in [5.41, 5.74) is 3.19. The molecule has 0 unspecified atom stereocenters. The maximum atomic E-state index is 13.2. The Balaban J connectivity index is 1.83. The lowest BCUT2D eigenvalue weighted by Gasteiger charge is -2.38. The number of nitrogens with zero attached hydrogens (tertiary/aromatic N) is 2. The van der Waals surface area contributed by atoms with Crippen molar-refractivity contribution in [2.24, 2.45) is 0 Å². The van der Waals surface area contributed by atoms with Crippen LogP contribution in [0.3, 0.4) is 0 Å². The van der Waals surface area contributed by atoms with Crippen LogP contribution >= 0.6 is 0 Å². The molecule has 1 aliphatic heterocycles. The van der Waals surface area contributed by atoms with Gasteiger partial charge < -0.3 is 10.1 Å². The van der Waals surface area contributed by atoms with Crippen molar-refractivity contribution in [3.63, 3.8) is 0 Å². The fourth-order valence-electron chi connectivity index (χ4n) is 3.03. The highest BCUT2D eigenvalue weighted by molar-refractivity contribution is 6.12. The van der Waals surface area contributed by atoms with Gasteiger partial charge in [-0.05, 0) is 42.5 Å². The lowest BCUT2D eigenvalue weighted by molar-refractivity contribution is 0.0975. The van der Waals surface area contributed by atoms with Gasteiger partial charge in [0.25, 0.3) is 5.91 Å². The van der Waals surface area contributed by atoms with E-state index in [4.69, 9.17) is 4.74 Å². The van der Waals surface area contributed by atoms with Gasteiger partial charge >= 0.3 is 0 Å². The molecule has 1 aliphatic rings. The molecule has 5 nitrogen and oxygen atoms in total. The van der Waals surface area contributed by atoms with Crippen LogP contribution in [0.25, 0.3) is 0 Å². The van der Waals surface area contributed by atoms with E-state index < -0.39 is 0 Å². The molecule has 0 radical (unpaired) electrons. The van der Waals surface area contributed by atoms with Gasteiger partial charge in [0.1, 0.15) is 11.9 Å². The summed E-state index contributed by atoms with van der Waals surface area (Å²) in [5, 5.41) is 3.45. The van der Waals surface area contributed by atoms with Crippen molar-refractivity contribution in [2.75, 3.05) is 17.3 Å². The SMILES string of the molecule is COc1ccc(N2C(=O)c3ccccc3N[C@@H]2c2cccnc2)cc1. The van der Waals surface area contributed by atoms with Crippen molar-refractivity contribution in [3.8, 4) is 5.75 Å². The van der Waals surface area contributed by atoms with Gasteiger partial charge in [-0.15, -0.1) is 0 Å². The molecule has 3 aromatic rings. The zero-order valence-corrected chi connectivity index (χ0v) is 13.7. The van der Waals surface area contributed by atoms with E-state index in [0.29, 0.717) is 5.56 Å². The first-order valence-electron chi connectivity index (χ1n) is 8.01. The molecule has 0 aliphatic carbocycles. The first kappa shape index (κ1) is 15.2. The summed E-state index contributed by atoms with van der Waals surface area (Å²) in [6, 6.07) is 18.8. The number of nitrogens with one attached hydrogen (secondary N) is 1. The summed E-state index contributed by atoms with van der Waals surface area (Å²) >= 11 is 0. The summed E-state index contributed by atoms with van der Waals surface area (Å²) in [6.07, 6.45) is 3.17. The maximum Gasteiger partial charge on any atom is 0.262 e. The predicted molar refractivity (Wildman–Crippen MR) is 96.8 cm³/mol. The number of carbonyl (C=O) groups excluding carboxylic acids is 1. The Hall–Kier alpha value is -3.34. The second-order valence-corrected chi connectivity index (χ2v) is 5.75. The third kappa shape index (κ3) is 2.70. The van der Waals surface area contributed by atoms with Crippen molar-refractivity contribution in [1.29, 1.82) is 0 Å². The summed E-state index contributed by atoms with van der Waals surface area (Å²) in [7, 11) is 1.62. The van der Waals surface area contributed by atoms with Crippen LogP contribution < -0.4 is 15.0 Å². The van der Waals surface area contributed by atoms with Gasteiger partial charge in [0.05, 0.1) is 12.7 Å². The van der Waals surface area contributed by atoms with E-state index in [2.05, 4.69) is 10.3 Å². The molecule has 0 saturated carbocycles. The Morgan fingerprint density at radius 3 is 2.56 bits per heavy atom. The molecule has 0 bridgehead atoms. The lowest BCUT2D eigenvalue weighted by atomic mass is 10.0. The lowest BCUT2D eigenvalue weighted by Crippen LogP contribution is -2.43. The zero-order chi connectivity index (χ0) is 17.2. The van der Waals surface area contributed by atoms with Crippen molar-refractivity contribution in [2.45, 2.75) is 6.17 Å². The van der Waals surface area contributed by atoms with Crippen LogP contribution in [-0.2, 0) is 0 Å². The van der Waals surface area contributed by atoms with Gasteiger partial charge in [-0.1, -0.05) is 18.2 Å². The topological polar surface area (TPSA) is 54.5 Å². The molecule has 1 atom stereocenters. The Bertz CT molecular complexity index is 894. The highest BCUT2D eigenvalue weighted by Crippen LogP contribution is 2.36. The Morgan fingerprint density at radius 2 is 1.84 bits per heavy atom. The maximum absolute atomic E-state index is 13.2. The second-order valence-electron chi connectivity index (χ2n) is 5.75. The Labute approximate surface area is 145 Å². The van der Waals surface area contributed by atoms with Gasteiger partial charge in [-0.2, -0.15) is 0 Å². The molecule has 0 saturated heterocycles. The van der Waals surface area contributed by atoms with Crippen molar-refractivity contribution >= 4 is 17.3 Å². The first-order chi connectivity index (χ1) is 12.3. The fourth-order valence-corrected chi connectivity index (χ4v) is 3.03. The predicted octanol–water partition coefficient (Wildman–Crippen LogP) is 3.86. The molecule has 2 heterocycles. The third-order valence-corrected chi connectivity index (χ3v) is 4.28. The van der Waals surface area contributed by atoms with Crippen LogP contribution in [0.4, 0.5) is 11.4 Å². The zero-order valence-electron chi connectivity index (χ0n) is 13.7. The number of rotatable bonds is 3. The number of methoxy groups -OCH3 is 1. The van der Waals surface area contributed by atoms with Crippen LogP contribution in [0.15, 0.2) is 73.1 Å². The number of hydrogen-bond acceptors (Lipinski definition) is 4. The number of carbonyl (C=O) groups is 1. The molecule has 0 spiro atoms. The van der Waals surface area contributed by atoms with Gasteiger partial charge in [0.2, 0.25) is 0 Å². The number of ether oxygens (including phenoxy) is 1. The van der Waals surface area contributed by atoms with Crippen LogP contribution in [0, 0.1) is 0 Å². The van der Waals surface area contributed by atoms with Gasteiger partial charge in [0.15, 0.2) is 0 Å². The van der Waals surface area contributed by atoms with E-state index in [1.54, 1.807) is 24.4 Å². The van der Waals surface area contributed by atoms with E-state index in [1.165, 1.54) is 0 Å². The number of fused-ring (bicyclic) bond motifs is 1.